The van der Waals surface area contributed by atoms with Gasteiger partial charge in [0.1, 0.15) is 0 Å². The fraction of sp³-hybridized carbons (Fsp3) is 0.333. The van der Waals surface area contributed by atoms with Gasteiger partial charge in [0.15, 0.2) is 0 Å². The van der Waals surface area contributed by atoms with Crippen LogP contribution in [0.2, 0.25) is 0 Å². The fourth-order valence-corrected chi connectivity index (χ4v) is 3.45. The zero-order chi connectivity index (χ0) is 18.4. The molecule has 1 aliphatic rings. The summed E-state index contributed by atoms with van der Waals surface area (Å²) < 4.78 is 0. The van der Waals surface area contributed by atoms with Crippen LogP contribution >= 0.6 is 0 Å². The van der Waals surface area contributed by atoms with Crippen LogP contribution < -0.4 is 10.6 Å². The molecule has 0 spiro atoms. The van der Waals surface area contributed by atoms with E-state index in [9.17, 15) is 9.59 Å². The molecule has 1 unspecified atom stereocenters. The summed E-state index contributed by atoms with van der Waals surface area (Å²) in [7, 11) is 1.61. The van der Waals surface area contributed by atoms with E-state index in [2.05, 4.69) is 22.8 Å². The summed E-state index contributed by atoms with van der Waals surface area (Å²) >= 11 is 0. The molecular formula is C21H25N3O2. The zero-order valence-corrected chi connectivity index (χ0v) is 15.1. The molecule has 0 bridgehead atoms. The van der Waals surface area contributed by atoms with Gasteiger partial charge in [0, 0.05) is 31.7 Å². The molecule has 1 saturated heterocycles. The molecule has 2 N–H and O–H groups in total. The number of nitrogens with one attached hydrogen (secondary N) is 2. The van der Waals surface area contributed by atoms with E-state index >= 15 is 0 Å². The first-order valence-corrected chi connectivity index (χ1v) is 9.07. The highest BCUT2D eigenvalue weighted by atomic mass is 16.2. The summed E-state index contributed by atoms with van der Waals surface area (Å²) in [4.78, 5) is 26.3. The quantitative estimate of drug-likeness (QED) is 0.870. The molecule has 5 nitrogen and oxygen atoms in total. The van der Waals surface area contributed by atoms with Crippen molar-refractivity contribution in [2.24, 2.45) is 0 Å². The number of carbonyl (C=O) groups is 2. The maximum Gasteiger partial charge on any atom is 0.317 e. The van der Waals surface area contributed by atoms with Crippen molar-refractivity contribution in [3.63, 3.8) is 0 Å². The second-order valence-corrected chi connectivity index (χ2v) is 6.62. The molecule has 3 rings (SSSR count). The summed E-state index contributed by atoms with van der Waals surface area (Å²) in [5.74, 6) is -0.124. The number of amides is 3. The molecule has 1 atom stereocenters. The molecule has 0 aromatic heterocycles. The molecule has 5 heteroatoms. The first-order chi connectivity index (χ1) is 12.7. The molecule has 0 radical (unpaired) electrons. The van der Waals surface area contributed by atoms with Crippen LogP contribution in [0.15, 0.2) is 54.6 Å². The highest BCUT2D eigenvalue weighted by Crippen LogP contribution is 2.21. The van der Waals surface area contributed by atoms with E-state index in [0.29, 0.717) is 12.1 Å². The second kappa shape index (κ2) is 8.52. The second-order valence-electron chi connectivity index (χ2n) is 6.62. The molecule has 0 saturated carbocycles. The summed E-state index contributed by atoms with van der Waals surface area (Å²) in [6.07, 6.45) is 2.96. The lowest BCUT2D eigenvalue weighted by molar-refractivity contribution is 0.0963. The van der Waals surface area contributed by atoms with Crippen LogP contribution in [0.4, 0.5) is 4.79 Å². The number of rotatable bonds is 5. The van der Waals surface area contributed by atoms with Gasteiger partial charge >= 0.3 is 6.03 Å². The first kappa shape index (κ1) is 18.0. The highest BCUT2D eigenvalue weighted by Gasteiger charge is 2.28. The molecule has 1 fully saturated rings. The molecule has 2 aromatic carbocycles. The Morgan fingerprint density at radius 2 is 1.85 bits per heavy atom. The van der Waals surface area contributed by atoms with Gasteiger partial charge in [0.25, 0.3) is 5.91 Å². The SMILES string of the molecule is CNC(=O)c1cccc(CNC(=O)N2CCCC2Cc2ccccc2)c1. The monoisotopic (exact) mass is 351 g/mol. The van der Waals surface area contributed by atoms with E-state index in [4.69, 9.17) is 0 Å². The molecule has 1 aliphatic heterocycles. The van der Waals surface area contributed by atoms with E-state index in [1.807, 2.05) is 41.3 Å². The van der Waals surface area contributed by atoms with Gasteiger partial charge in [-0.05, 0) is 42.5 Å². The largest absolute Gasteiger partial charge is 0.355 e. The van der Waals surface area contributed by atoms with Crippen molar-refractivity contribution in [3.05, 3.63) is 71.3 Å². The van der Waals surface area contributed by atoms with Crippen molar-refractivity contribution in [1.82, 2.24) is 15.5 Å². The van der Waals surface area contributed by atoms with Gasteiger partial charge in [-0.3, -0.25) is 4.79 Å². The minimum absolute atomic E-state index is 0.0335. The third-order valence-corrected chi connectivity index (χ3v) is 4.81. The van der Waals surface area contributed by atoms with Crippen molar-refractivity contribution < 1.29 is 9.59 Å². The highest BCUT2D eigenvalue weighted by molar-refractivity contribution is 5.94. The van der Waals surface area contributed by atoms with Gasteiger partial charge in [-0.1, -0.05) is 42.5 Å². The Kier molecular flexibility index (Phi) is 5.89. The van der Waals surface area contributed by atoms with E-state index in [-0.39, 0.29) is 18.0 Å². The molecule has 26 heavy (non-hydrogen) atoms. The van der Waals surface area contributed by atoms with Gasteiger partial charge in [-0.15, -0.1) is 0 Å². The van der Waals surface area contributed by atoms with Crippen molar-refractivity contribution in [3.8, 4) is 0 Å². The van der Waals surface area contributed by atoms with Crippen LogP contribution in [0.5, 0.6) is 0 Å². The maximum absolute atomic E-state index is 12.6. The Labute approximate surface area is 154 Å². The lowest BCUT2D eigenvalue weighted by Gasteiger charge is -2.25. The number of nitrogens with zero attached hydrogens (tertiary/aromatic N) is 1. The van der Waals surface area contributed by atoms with Crippen LogP contribution in [-0.2, 0) is 13.0 Å². The summed E-state index contributed by atoms with van der Waals surface area (Å²) in [5, 5.41) is 5.61. The normalized spacial score (nSPS) is 16.3. The van der Waals surface area contributed by atoms with Crippen molar-refractivity contribution in [1.29, 1.82) is 0 Å². The summed E-state index contributed by atoms with van der Waals surface area (Å²) in [6, 6.07) is 17.8. The number of hydrogen-bond acceptors (Lipinski definition) is 2. The molecule has 2 aromatic rings. The van der Waals surface area contributed by atoms with E-state index in [0.717, 1.165) is 31.4 Å². The molecular weight excluding hydrogens is 326 g/mol. The van der Waals surface area contributed by atoms with Crippen molar-refractivity contribution >= 4 is 11.9 Å². The maximum atomic E-state index is 12.6. The zero-order valence-electron chi connectivity index (χ0n) is 15.1. The average molecular weight is 351 g/mol. The van der Waals surface area contributed by atoms with Crippen LogP contribution in [0, 0.1) is 0 Å². The van der Waals surface area contributed by atoms with Gasteiger partial charge < -0.3 is 15.5 Å². The van der Waals surface area contributed by atoms with E-state index < -0.39 is 0 Å². The van der Waals surface area contributed by atoms with Gasteiger partial charge in [0.2, 0.25) is 0 Å². The topological polar surface area (TPSA) is 61.4 Å². The molecule has 0 aliphatic carbocycles. The molecule has 3 amide bonds. The molecule has 1 heterocycles. The summed E-state index contributed by atoms with van der Waals surface area (Å²) in [6.45, 7) is 1.21. The third-order valence-electron chi connectivity index (χ3n) is 4.81. The lowest BCUT2D eigenvalue weighted by Crippen LogP contribution is -2.43. The predicted octanol–water partition coefficient (Wildman–Crippen LogP) is 2.96. The minimum Gasteiger partial charge on any atom is -0.355 e. The Hall–Kier alpha value is -2.82. The number of urea groups is 1. The van der Waals surface area contributed by atoms with Crippen LogP contribution in [0.1, 0.15) is 34.3 Å². The van der Waals surface area contributed by atoms with Gasteiger partial charge in [-0.25, -0.2) is 4.79 Å². The Morgan fingerprint density at radius 1 is 1.08 bits per heavy atom. The Morgan fingerprint density at radius 3 is 2.62 bits per heavy atom. The average Bonchev–Trinajstić information content (AvgIpc) is 3.14. The van der Waals surface area contributed by atoms with Crippen molar-refractivity contribution in [2.75, 3.05) is 13.6 Å². The van der Waals surface area contributed by atoms with E-state index in [1.54, 1.807) is 13.1 Å². The number of benzene rings is 2. The molecule has 136 valence electrons. The predicted molar refractivity (Wildman–Crippen MR) is 102 cm³/mol. The summed E-state index contributed by atoms with van der Waals surface area (Å²) in [5.41, 5.74) is 2.77. The van der Waals surface area contributed by atoms with Crippen molar-refractivity contribution in [2.45, 2.75) is 31.8 Å². The van der Waals surface area contributed by atoms with Crippen LogP contribution in [0.25, 0.3) is 0 Å². The number of hydrogen-bond donors (Lipinski definition) is 2. The van der Waals surface area contributed by atoms with Crippen LogP contribution in [0.3, 0.4) is 0 Å². The first-order valence-electron chi connectivity index (χ1n) is 9.07. The number of carbonyl (C=O) groups excluding carboxylic acids is 2. The number of likely N-dealkylation sites (tertiary alicyclic amines) is 1. The Balaban J connectivity index is 1.58. The minimum atomic E-state index is -0.124. The lowest BCUT2D eigenvalue weighted by atomic mass is 10.0. The Bertz CT molecular complexity index is 761. The fourth-order valence-electron chi connectivity index (χ4n) is 3.45. The van der Waals surface area contributed by atoms with Gasteiger partial charge in [0.05, 0.1) is 0 Å². The third kappa shape index (κ3) is 4.42. The smallest absolute Gasteiger partial charge is 0.317 e. The van der Waals surface area contributed by atoms with Gasteiger partial charge in [-0.2, -0.15) is 0 Å². The van der Waals surface area contributed by atoms with E-state index in [1.165, 1.54) is 5.56 Å². The van der Waals surface area contributed by atoms with Crippen LogP contribution in [-0.4, -0.2) is 36.5 Å². The standard InChI is InChI=1S/C21H25N3O2/c1-22-20(25)18-10-5-9-17(13-18)15-23-21(26)24-12-6-11-19(24)14-16-7-3-2-4-8-16/h2-5,7-10,13,19H,6,11-12,14-15H2,1H3,(H,22,25)(H,23,26).